The predicted molar refractivity (Wildman–Crippen MR) is 96.5 cm³/mol. The summed E-state index contributed by atoms with van der Waals surface area (Å²) in [4.78, 5) is 12.4. The fourth-order valence-electron chi connectivity index (χ4n) is 3.17. The van der Waals surface area contributed by atoms with Crippen LogP contribution in [0.2, 0.25) is 0 Å². The molecule has 1 rings (SSSR count). The number of hydrogen-bond acceptors (Lipinski definition) is 1. The maximum absolute atomic E-state index is 12.4. The Morgan fingerprint density at radius 3 is 2.23 bits per heavy atom. The summed E-state index contributed by atoms with van der Waals surface area (Å²) in [7, 11) is 0. The second kappa shape index (κ2) is 9.12. The first-order valence-corrected chi connectivity index (χ1v) is 8.94. The largest absolute Gasteiger partial charge is 0.294 e. The number of unbranched alkanes of at least 4 members (excludes halogenated alkanes) is 3. The predicted octanol–water partition coefficient (Wildman–Crippen LogP) is 6.45. The van der Waals surface area contributed by atoms with Crippen LogP contribution in [-0.4, -0.2) is 5.78 Å². The molecule has 124 valence electrons. The van der Waals surface area contributed by atoms with Gasteiger partial charge in [0.1, 0.15) is 0 Å². The third-order valence-corrected chi connectivity index (χ3v) is 4.09. The number of hydrogen-bond donors (Lipinski definition) is 0. The van der Waals surface area contributed by atoms with Crippen molar-refractivity contribution < 1.29 is 4.79 Å². The van der Waals surface area contributed by atoms with Gasteiger partial charge in [0.15, 0.2) is 5.78 Å². The average molecular weight is 303 g/mol. The number of carbonyl (C=O) groups excluding carboxylic acids is 1. The Hall–Kier alpha value is -1.11. The van der Waals surface area contributed by atoms with Gasteiger partial charge in [0.2, 0.25) is 0 Å². The van der Waals surface area contributed by atoms with Gasteiger partial charge in [0.05, 0.1) is 0 Å². The van der Waals surface area contributed by atoms with Gasteiger partial charge in [-0.25, -0.2) is 0 Å². The highest BCUT2D eigenvalue weighted by Gasteiger charge is 2.18. The molecule has 0 spiro atoms. The molecule has 0 N–H and O–H groups in total. The van der Waals surface area contributed by atoms with Crippen molar-refractivity contribution in [2.45, 2.75) is 79.6 Å². The number of carbonyl (C=O) groups is 1. The van der Waals surface area contributed by atoms with Crippen molar-refractivity contribution >= 4 is 5.78 Å². The van der Waals surface area contributed by atoms with E-state index in [1.807, 2.05) is 12.1 Å². The van der Waals surface area contributed by atoms with Crippen LogP contribution in [0.15, 0.2) is 24.3 Å². The standard InChI is InChI=1S/C21H34O/c1-6-7-8-9-10-18-11-13-19(14-12-18)20(22)15-17(2)16-21(3,4)5/h11-14,17H,6-10,15-16H2,1-5H3. The van der Waals surface area contributed by atoms with E-state index >= 15 is 0 Å². The topological polar surface area (TPSA) is 17.1 Å². The molecule has 0 saturated carbocycles. The Kier molecular flexibility index (Phi) is 7.85. The van der Waals surface area contributed by atoms with Crippen LogP contribution in [0.5, 0.6) is 0 Å². The van der Waals surface area contributed by atoms with Crippen molar-refractivity contribution in [3.8, 4) is 0 Å². The highest BCUT2D eigenvalue weighted by Crippen LogP contribution is 2.26. The Balaban J connectivity index is 2.46. The maximum atomic E-state index is 12.4. The Morgan fingerprint density at radius 2 is 1.68 bits per heavy atom. The fraction of sp³-hybridized carbons (Fsp3) is 0.667. The van der Waals surface area contributed by atoms with Crippen LogP contribution in [0.1, 0.15) is 89.1 Å². The lowest BCUT2D eigenvalue weighted by Gasteiger charge is -2.22. The van der Waals surface area contributed by atoms with Crippen LogP contribution in [0, 0.1) is 11.3 Å². The van der Waals surface area contributed by atoms with E-state index in [-0.39, 0.29) is 5.78 Å². The van der Waals surface area contributed by atoms with Crippen molar-refractivity contribution in [3.05, 3.63) is 35.4 Å². The second-order valence-corrected chi connectivity index (χ2v) is 8.00. The molecule has 0 amide bonds. The van der Waals surface area contributed by atoms with Gasteiger partial charge in [-0.05, 0) is 36.2 Å². The van der Waals surface area contributed by atoms with Gasteiger partial charge in [-0.3, -0.25) is 4.79 Å². The normalized spacial score (nSPS) is 13.1. The number of ketones is 1. The van der Waals surface area contributed by atoms with Crippen LogP contribution >= 0.6 is 0 Å². The molecule has 0 bridgehead atoms. The molecule has 0 aliphatic carbocycles. The zero-order valence-corrected chi connectivity index (χ0v) is 15.2. The molecule has 0 heterocycles. The molecule has 0 aromatic heterocycles. The van der Waals surface area contributed by atoms with Crippen LogP contribution < -0.4 is 0 Å². The second-order valence-electron chi connectivity index (χ2n) is 8.00. The van der Waals surface area contributed by atoms with E-state index in [2.05, 4.69) is 46.8 Å². The summed E-state index contributed by atoms with van der Waals surface area (Å²) in [6, 6.07) is 8.30. The molecule has 1 heteroatoms. The van der Waals surface area contributed by atoms with Crippen molar-refractivity contribution in [1.29, 1.82) is 0 Å². The number of Topliss-reactive ketones (excluding diaryl/α,β-unsaturated/α-hetero) is 1. The number of aryl methyl sites for hydroxylation is 1. The highest BCUT2D eigenvalue weighted by atomic mass is 16.1. The van der Waals surface area contributed by atoms with Crippen molar-refractivity contribution in [1.82, 2.24) is 0 Å². The van der Waals surface area contributed by atoms with Gasteiger partial charge >= 0.3 is 0 Å². The maximum Gasteiger partial charge on any atom is 0.163 e. The molecule has 1 unspecified atom stereocenters. The Bertz CT molecular complexity index is 436. The monoisotopic (exact) mass is 302 g/mol. The van der Waals surface area contributed by atoms with Crippen LogP contribution in [0.3, 0.4) is 0 Å². The first kappa shape index (κ1) is 18.9. The summed E-state index contributed by atoms with van der Waals surface area (Å²) < 4.78 is 0. The average Bonchev–Trinajstić information content (AvgIpc) is 2.42. The van der Waals surface area contributed by atoms with Gasteiger partial charge in [0, 0.05) is 12.0 Å². The van der Waals surface area contributed by atoms with E-state index in [0.717, 1.165) is 18.4 Å². The van der Waals surface area contributed by atoms with Gasteiger partial charge in [-0.15, -0.1) is 0 Å². The lowest BCUT2D eigenvalue weighted by atomic mass is 9.83. The van der Waals surface area contributed by atoms with Gasteiger partial charge in [-0.1, -0.05) is 78.1 Å². The van der Waals surface area contributed by atoms with E-state index in [4.69, 9.17) is 0 Å². The van der Waals surface area contributed by atoms with Crippen LogP contribution in [-0.2, 0) is 6.42 Å². The summed E-state index contributed by atoms with van der Waals surface area (Å²) in [6.07, 6.45) is 8.05. The van der Waals surface area contributed by atoms with E-state index in [1.165, 1.54) is 31.2 Å². The minimum Gasteiger partial charge on any atom is -0.294 e. The van der Waals surface area contributed by atoms with E-state index in [9.17, 15) is 4.79 Å². The third-order valence-electron chi connectivity index (χ3n) is 4.09. The Labute approximate surface area is 137 Å². The lowest BCUT2D eigenvalue weighted by Crippen LogP contribution is -2.14. The summed E-state index contributed by atoms with van der Waals surface area (Å²) in [5.41, 5.74) is 2.52. The van der Waals surface area contributed by atoms with Gasteiger partial charge < -0.3 is 0 Å². The Morgan fingerprint density at radius 1 is 1.05 bits per heavy atom. The van der Waals surface area contributed by atoms with Crippen molar-refractivity contribution in [2.75, 3.05) is 0 Å². The molecule has 0 radical (unpaired) electrons. The molecule has 22 heavy (non-hydrogen) atoms. The molecule has 0 saturated heterocycles. The quantitative estimate of drug-likeness (QED) is 0.378. The lowest BCUT2D eigenvalue weighted by molar-refractivity contribution is 0.0954. The summed E-state index contributed by atoms with van der Waals surface area (Å²) in [5, 5.41) is 0. The SMILES string of the molecule is CCCCCCc1ccc(C(=O)CC(C)CC(C)(C)C)cc1. The smallest absolute Gasteiger partial charge is 0.163 e. The molecule has 0 aliphatic rings. The van der Waals surface area contributed by atoms with E-state index < -0.39 is 0 Å². The first-order valence-electron chi connectivity index (χ1n) is 8.94. The third kappa shape index (κ3) is 7.77. The zero-order valence-electron chi connectivity index (χ0n) is 15.2. The molecular weight excluding hydrogens is 268 g/mol. The summed E-state index contributed by atoms with van der Waals surface area (Å²) in [5.74, 6) is 0.732. The molecule has 1 aromatic carbocycles. The van der Waals surface area contributed by atoms with E-state index in [1.54, 1.807) is 0 Å². The van der Waals surface area contributed by atoms with E-state index in [0.29, 0.717) is 17.8 Å². The molecule has 0 aliphatic heterocycles. The van der Waals surface area contributed by atoms with Gasteiger partial charge in [0.25, 0.3) is 0 Å². The van der Waals surface area contributed by atoms with Crippen LogP contribution in [0.4, 0.5) is 0 Å². The fourth-order valence-corrected chi connectivity index (χ4v) is 3.17. The summed E-state index contributed by atoms with van der Waals surface area (Å²) in [6.45, 7) is 11.1. The molecule has 1 aromatic rings. The highest BCUT2D eigenvalue weighted by molar-refractivity contribution is 5.96. The minimum atomic E-state index is 0.286. The molecule has 1 nitrogen and oxygen atoms in total. The first-order chi connectivity index (χ1) is 10.3. The molecule has 1 atom stereocenters. The minimum absolute atomic E-state index is 0.286. The van der Waals surface area contributed by atoms with Crippen LogP contribution in [0.25, 0.3) is 0 Å². The zero-order chi connectivity index (χ0) is 16.6. The van der Waals surface area contributed by atoms with Gasteiger partial charge in [-0.2, -0.15) is 0 Å². The molecular formula is C21H34O. The number of benzene rings is 1. The summed E-state index contributed by atoms with van der Waals surface area (Å²) >= 11 is 0. The molecule has 0 fully saturated rings. The van der Waals surface area contributed by atoms with Crippen molar-refractivity contribution in [3.63, 3.8) is 0 Å². The number of rotatable bonds is 9. The van der Waals surface area contributed by atoms with Crippen molar-refractivity contribution in [2.24, 2.45) is 11.3 Å².